The topological polar surface area (TPSA) is 111 Å². The SMILES string of the molecule is CC(OC(=O)c1cccnc1Sc1ccccc1)C(=O)NC(N)=O. The van der Waals surface area contributed by atoms with Crippen LogP contribution in [0.25, 0.3) is 0 Å². The number of nitrogens with two attached hydrogens (primary N) is 1. The summed E-state index contributed by atoms with van der Waals surface area (Å²) in [4.78, 5) is 39.6. The number of pyridine rings is 1. The molecular weight excluding hydrogens is 330 g/mol. The number of esters is 1. The van der Waals surface area contributed by atoms with Crippen molar-refractivity contribution in [2.45, 2.75) is 22.9 Å². The molecule has 124 valence electrons. The van der Waals surface area contributed by atoms with E-state index in [2.05, 4.69) is 4.98 Å². The molecule has 0 saturated heterocycles. The van der Waals surface area contributed by atoms with E-state index in [-0.39, 0.29) is 5.56 Å². The van der Waals surface area contributed by atoms with E-state index in [1.165, 1.54) is 18.7 Å². The van der Waals surface area contributed by atoms with Crippen LogP contribution in [0.5, 0.6) is 0 Å². The molecule has 1 heterocycles. The van der Waals surface area contributed by atoms with Gasteiger partial charge < -0.3 is 10.5 Å². The average Bonchev–Trinajstić information content (AvgIpc) is 2.55. The summed E-state index contributed by atoms with van der Waals surface area (Å²) in [5.41, 5.74) is 5.09. The molecule has 1 aromatic carbocycles. The number of ether oxygens (including phenoxy) is 1. The van der Waals surface area contributed by atoms with Crippen LogP contribution < -0.4 is 11.1 Å². The molecule has 0 aliphatic heterocycles. The van der Waals surface area contributed by atoms with Crippen molar-refractivity contribution < 1.29 is 19.1 Å². The number of nitrogens with zero attached hydrogens (tertiary/aromatic N) is 1. The van der Waals surface area contributed by atoms with Crippen molar-refractivity contribution in [3.8, 4) is 0 Å². The Balaban J connectivity index is 2.12. The van der Waals surface area contributed by atoms with Gasteiger partial charge in [0.2, 0.25) is 0 Å². The fourth-order valence-corrected chi connectivity index (χ4v) is 2.62. The Morgan fingerprint density at radius 1 is 1.17 bits per heavy atom. The van der Waals surface area contributed by atoms with E-state index >= 15 is 0 Å². The van der Waals surface area contributed by atoms with Crippen LogP contribution in [-0.4, -0.2) is 29.0 Å². The van der Waals surface area contributed by atoms with E-state index in [1.54, 1.807) is 18.3 Å². The Bertz CT molecular complexity index is 752. The number of carbonyl (C=O) groups excluding carboxylic acids is 3. The molecule has 1 atom stereocenters. The molecule has 0 radical (unpaired) electrons. The maximum absolute atomic E-state index is 12.3. The van der Waals surface area contributed by atoms with Gasteiger partial charge in [0.05, 0.1) is 5.56 Å². The number of imide groups is 1. The van der Waals surface area contributed by atoms with Gasteiger partial charge in [0.15, 0.2) is 6.10 Å². The van der Waals surface area contributed by atoms with E-state index in [1.807, 2.05) is 35.6 Å². The van der Waals surface area contributed by atoms with Crippen LogP contribution in [0.3, 0.4) is 0 Å². The van der Waals surface area contributed by atoms with Gasteiger partial charge >= 0.3 is 12.0 Å². The molecule has 0 spiro atoms. The predicted octanol–water partition coefficient (Wildman–Crippen LogP) is 1.97. The molecule has 0 fully saturated rings. The molecule has 0 aliphatic carbocycles. The van der Waals surface area contributed by atoms with Crippen molar-refractivity contribution in [3.63, 3.8) is 0 Å². The molecule has 7 nitrogen and oxygen atoms in total. The van der Waals surface area contributed by atoms with Gasteiger partial charge in [-0.1, -0.05) is 30.0 Å². The third kappa shape index (κ3) is 4.82. The van der Waals surface area contributed by atoms with Gasteiger partial charge in [-0.2, -0.15) is 0 Å². The van der Waals surface area contributed by atoms with Crippen molar-refractivity contribution >= 4 is 29.7 Å². The lowest BCUT2D eigenvalue weighted by Crippen LogP contribution is -2.42. The minimum Gasteiger partial charge on any atom is -0.449 e. The molecule has 1 unspecified atom stereocenters. The molecule has 0 bridgehead atoms. The number of rotatable bonds is 5. The molecule has 3 N–H and O–H groups in total. The summed E-state index contributed by atoms with van der Waals surface area (Å²) in [7, 11) is 0. The monoisotopic (exact) mass is 345 g/mol. The Hall–Kier alpha value is -2.87. The Labute approximate surface area is 142 Å². The minimum atomic E-state index is -1.17. The number of hydrogen-bond acceptors (Lipinski definition) is 6. The molecule has 2 aromatic rings. The van der Waals surface area contributed by atoms with Crippen LogP contribution in [0, 0.1) is 0 Å². The number of benzene rings is 1. The number of hydrogen-bond donors (Lipinski definition) is 2. The number of amides is 3. The molecule has 8 heteroatoms. The first-order chi connectivity index (χ1) is 11.5. The molecule has 1 aromatic heterocycles. The van der Waals surface area contributed by atoms with Crippen LogP contribution in [0.2, 0.25) is 0 Å². The summed E-state index contributed by atoms with van der Waals surface area (Å²) >= 11 is 1.30. The third-order valence-corrected chi connectivity index (χ3v) is 3.87. The zero-order valence-corrected chi connectivity index (χ0v) is 13.6. The average molecular weight is 345 g/mol. The van der Waals surface area contributed by atoms with Gasteiger partial charge in [0.1, 0.15) is 5.03 Å². The largest absolute Gasteiger partial charge is 0.449 e. The van der Waals surface area contributed by atoms with Crippen molar-refractivity contribution in [1.29, 1.82) is 0 Å². The lowest BCUT2D eigenvalue weighted by molar-refractivity contribution is -0.127. The summed E-state index contributed by atoms with van der Waals surface area (Å²) in [6.45, 7) is 1.34. The van der Waals surface area contributed by atoms with Gasteiger partial charge in [-0.25, -0.2) is 14.6 Å². The van der Waals surface area contributed by atoms with Crippen LogP contribution in [0.1, 0.15) is 17.3 Å². The predicted molar refractivity (Wildman–Crippen MR) is 87.4 cm³/mol. The quantitative estimate of drug-likeness (QED) is 0.802. The van der Waals surface area contributed by atoms with Crippen LogP contribution >= 0.6 is 11.8 Å². The highest BCUT2D eigenvalue weighted by atomic mass is 32.2. The molecule has 2 rings (SSSR count). The van der Waals surface area contributed by atoms with Gasteiger partial charge in [-0.15, -0.1) is 0 Å². The lowest BCUT2D eigenvalue weighted by atomic mass is 10.3. The van der Waals surface area contributed by atoms with Gasteiger partial charge in [0, 0.05) is 11.1 Å². The first kappa shape index (κ1) is 17.5. The number of carbonyl (C=O) groups is 3. The second-order valence-corrected chi connectivity index (χ2v) is 5.73. The lowest BCUT2D eigenvalue weighted by Gasteiger charge is -2.13. The van der Waals surface area contributed by atoms with Crippen LogP contribution in [-0.2, 0) is 9.53 Å². The highest BCUT2D eigenvalue weighted by Gasteiger charge is 2.22. The maximum Gasteiger partial charge on any atom is 0.341 e. The normalized spacial score (nSPS) is 11.4. The van der Waals surface area contributed by atoms with E-state index < -0.39 is 24.0 Å². The molecule has 0 aliphatic rings. The minimum absolute atomic E-state index is 0.227. The highest BCUT2D eigenvalue weighted by Crippen LogP contribution is 2.28. The fourth-order valence-electron chi connectivity index (χ4n) is 1.73. The summed E-state index contributed by atoms with van der Waals surface area (Å²) < 4.78 is 5.07. The second kappa shape index (κ2) is 8.11. The summed E-state index contributed by atoms with van der Waals surface area (Å²) in [6.07, 6.45) is 0.394. The zero-order chi connectivity index (χ0) is 17.5. The summed E-state index contributed by atoms with van der Waals surface area (Å²) in [5, 5.41) is 2.31. The number of nitrogens with one attached hydrogen (secondary N) is 1. The molecule has 0 saturated carbocycles. The first-order valence-corrected chi connectivity index (χ1v) is 7.78. The van der Waals surface area contributed by atoms with Crippen molar-refractivity contribution in [2.75, 3.05) is 0 Å². The van der Waals surface area contributed by atoms with Gasteiger partial charge in [-0.05, 0) is 31.2 Å². The fraction of sp³-hybridized carbons (Fsp3) is 0.125. The summed E-state index contributed by atoms with van der Waals surface area (Å²) in [5.74, 6) is -1.51. The van der Waals surface area contributed by atoms with Gasteiger partial charge in [-0.3, -0.25) is 10.1 Å². The van der Waals surface area contributed by atoms with Crippen LogP contribution in [0.4, 0.5) is 4.79 Å². The second-order valence-electron chi connectivity index (χ2n) is 4.67. The van der Waals surface area contributed by atoms with Crippen molar-refractivity contribution in [2.24, 2.45) is 5.73 Å². The van der Waals surface area contributed by atoms with Gasteiger partial charge in [0.25, 0.3) is 5.91 Å². The van der Waals surface area contributed by atoms with Crippen LogP contribution in [0.15, 0.2) is 58.6 Å². The first-order valence-electron chi connectivity index (χ1n) is 6.96. The van der Waals surface area contributed by atoms with Crippen molar-refractivity contribution in [1.82, 2.24) is 10.3 Å². The Morgan fingerprint density at radius 3 is 2.54 bits per heavy atom. The number of aromatic nitrogens is 1. The zero-order valence-electron chi connectivity index (χ0n) is 12.8. The third-order valence-electron chi connectivity index (χ3n) is 2.85. The van der Waals surface area contributed by atoms with E-state index in [9.17, 15) is 14.4 Å². The molecule has 24 heavy (non-hydrogen) atoms. The molecular formula is C16H15N3O4S. The van der Waals surface area contributed by atoms with Crippen molar-refractivity contribution in [3.05, 3.63) is 54.2 Å². The summed E-state index contributed by atoms with van der Waals surface area (Å²) in [6, 6.07) is 11.5. The highest BCUT2D eigenvalue weighted by molar-refractivity contribution is 7.99. The number of primary amides is 1. The van der Waals surface area contributed by atoms with E-state index in [0.29, 0.717) is 5.03 Å². The Morgan fingerprint density at radius 2 is 1.88 bits per heavy atom. The van der Waals surface area contributed by atoms with E-state index in [0.717, 1.165) is 4.90 Å². The Kier molecular flexibility index (Phi) is 5.91. The molecule has 3 amide bonds. The standard InChI is InChI=1S/C16H15N3O4S/c1-10(13(20)19-16(17)22)23-15(21)12-8-5-9-18-14(12)24-11-6-3-2-4-7-11/h2-10H,1H3,(H3,17,19,20,22). The maximum atomic E-state index is 12.3. The number of urea groups is 1. The smallest absolute Gasteiger partial charge is 0.341 e. The van der Waals surface area contributed by atoms with E-state index in [4.69, 9.17) is 10.5 Å².